The average molecular weight is 488 g/mol. The van der Waals surface area contributed by atoms with Crippen LogP contribution in [0, 0.1) is 18.6 Å². The number of hydrogen-bond donors (Lipinski definition) is 1. The Morgan fingerprint density at radius 2 is 1.78 bits per heavy atom. The molecule has 1 aliphatic rings. The Balaban J connectivity index is 1.66. The zero-order valence-electron chi connectivity index (χ0n) is 19.8. The van der Waals surface area contributed by atoms with E-state index in [1.807, 2.05) is 37.3 Å². The molecular formula is C27H22F2N4O3. The quantitative estimate of drug-likeness (QED) is 0.371. The molecule has 1 unspecified atom stereocenters. The number of allylic oxidation sites excluding steroid dienone is 1. The monoisotopic (exact) mass is 488 g/mol. The van der Waals surface area contributed by atoms with Gasteiger partial charge in [0.2, 0.25) is 5.82 Å². The minimum atomic E-state index is -1.07. The SMILES string of the molecule is COc1cccc(C2NC(=O)N(c3ccc(F)c(F)c3)C(C)=C2c2nc(-c3ccc(C)cc3)no2)c1. The lowest BCUT2D eigenvalue weighted by molar-refractivity contribution is 0.244. The number of hydrogen-bond acceptors (Lipinski definition) is 5. The molecule has 0 radical (unpaired) electrons. The van der Waals surface area contributed by atoms with E-state index < -0.39 is 23.7 Å². The number of methoxy groups -OCH3 is 1. The van der Waals surface area contributed by atoms with Gasteiger partial charge in [0.25, 0.3) is 5.89 Å². The molecule has 1 aromatic heterocycles. The number of urea groups is 1. The Labute approximate surface area is 206 Å². The van der Waals surface area contributed by atoms with E-state index >= 15 is 0 Å². The Bertz CT molecular complexity index is 1480. The first-order valence-electron chi connectivity index (χ1n) is 11.2. The molecule has 0 saturated carbocycles. The van der Waals surface area contributed by atoms with Crippen molar-refractivity contribution in [2.45, 2.75) is 19.9 Å². The topological polar surface area (TPSA) is 80.5 Å². The predicted octanol–water partition coefficient (Wildman–Crippen LogP) is 6.03. The lowest BCUT2D eigenvalue weighted by Gasteiger charge is -2.35. The number of nitrogens with zero attached hydrogens (tertiary/aromatic N) is 3. The van der Waals surface area contributed by atoms with E-state index in [-0.39, 0.29) is 11.6 Å². The zero-order valence-corrected chi connectivity index (χ0v) is 19.8. The van der Waals surface area contributed by atoms with Gasteiger partial charge >= 0.3 is 6.03 Å². The first kappa shape index (κ1) is 23.2. The molecule has 2 amide bonds. The number of aryl methyl sites for hydroxylation is 1. The van der Waals surface area contributed by atoms with E-state index in [1.165, 1.54) is 11.0 Å². The summed E-state index contributed by atoms with van der Waals surface area (Å²) in [5, 5.41) is 7.08. The first-order valence-corrected chi connectivity index (χ1v) is 11.2. The molecule has 0 bridgehead atoms. The zero-order chi connectivity index (χ0) is 25.4. The van der Waals surface area contributed by atoms with Gasteiger partial charge in [-0.15, -0.1) is 0 Å². The van der Waals surface area contributed by atoms with Gasteiger partial charge < -0.3 is 14.6 Å². The number of carbonyl (C=O) groups excluding carboxylic acids is 1. The largest absolute Gasteiger partial charge is 0.497 e. The number of ether oxygens (including phenoxy) is 1. The van der Waals surface area contributed by atoms with Gasteiger partial charge in [0.15, 0.2) is 11.6 Å². The molecule has 0 aliphatic carbocycles. The normalized spacial score (nSPS) is 15.8. The lowest BCUT2D eigenvalue weighted by Crippen LogP contribution is -2.46. The van der Waals surface area contributed by atoms with Crippen LogP contribution in [0.25, 0.3) is 17.0 Å². The third kappa shape index (κ3) is 4.19. The van der Waals surface area contributed by atoms with Gasteiger partial charge in [-0.1, -0.05) is 47.1 Å². The number of benzene rings is 3. The molecule has 0 spiro atoms. The van der Waals surface area contributed by atoms with Crippen molar-refractivity contribution in [2.24, 2.45) is 0 Å². The number of nitrogens with one attached hydrogen (secondary N) is 1. The van der Waals surface area contributed by atoms with E-state index in [9.17, 15) is 13.6 Å². The molecule has 4 aromatic rings. The van der Waals surface area contributed by atoms with Crippen molar-refractivity contribution >= 4 is 17.3 Å². The van der Waals surface area contributed by atoms with Crippen LogP contribution in [-0.4, -0.2) is 23.3 Å². The fourth-order valence-corrected chi connectivity index (χ4v) is 4.18. The van der Waals surface area contributed by atoms with Crippen molar-refractivity contribution in [1.29, 1.82) is 0 Å². The Hall–Kier alpha value is -4.53. The van der Waals surface area contributed by atoms with E-state index in [2.05, 4.69) is 15.5 Å². The fraction of sp³-hybridized carbons (Fsp3) is 0.148. The highest BCUT2D eigenvalue weighted by atomic mass is 19.2. The summed E-state index contributed by atoms with van der Waals surface area (Å²) in [4.78, 5) is 19.1. The van der Waals surface area contributed by atoms with Crippen molar-refractivity contribution in [1.82, 2.24) is 15.5 Å². The highest BCUT2D eigenvalue weighted by Gasteiger charge is 2.37. The van der Waals surface area contributed by atoms with Gasteiger partial charge in [-0.2, -0.15) is 4.98 Å². The van der Waals surface area contributed by atoms with Crippen LogP contribution in [0.3, 0.4) is 0 Å². The molecule has 7 nitrogen and oxygen atoms in total. The maximum Gasteiger partial charge on any atom is 0.327 e. The van der Waals surface area contributed by atoms with Gasteiger partial charge in [-0.05, 0) is 43.7 Å². The van der Waals surface area contributed by atoms with Gasteiger partial charge in [0, 0.05) is 17.3 Å². The number of halogens is 2. The van der Waals surface area contributed by atoms with E-state index in [0.717, 1.165) is 28.8 Å². The van der Waals surface area contributed by atoms with Crippen molar-refractivity contribution in [3.05, 3.63) is 101 Å². The number of rotatable bonds is 5. The second kappa shape index (κ2) is 9.26. The van der Waals surface area contributed by atoms with Crippen LogP contribution in [0.1, 0.15) is 30.0 Å². The van der Waals surface area contributed by atoms with Crippen molar-refractivity contribution in [2.75, 3.05) is 12.0 Å². The maximum absolute atomic E-state index is 14.0. The molecule has 1 aliphatic heterocycles. The molecule has 2 heterocycles. The van der Waals surface area contributed by atoms with Gasteiger partial charge in [0.1, 0.15) is 5.75 Å². The minimum Gasteiger partial charge on any atom is -0.497 e. The van der Waals surface area contributed by atoms with Crippen LogP contribution in [0.2, 0.25) is 0 Å². The third-order valence-electron chi connectivity index (χ3n) is 6.04. The summed E-state index contributed by atoms with van der Waals surface area (Å²) in [7, 11) is 1.55. The highest BCUT2D eigenvalue weighted by Crippen LogP contribution is 2.40. The van der Waals surface area contributed by atoms with Crippen LogP contribution in [-0.2, 0) is 0 Å². The molecule has 5 rings (SSSR count). The summed E-state index contributed by atoms with van der Waals surface area (Å²) < 4.78 is 38.7. The minimum absolute atomic E-state index is 0.156. The van der Waals surface area contributed by atoms with E-state index in [4.69, 9.17) is 9.26 Å². The van der Waals surface area contributed by atoms with Crippen LogP contribution >= 0.6 is 0 Å². The first-order chi connectivity index (χ1) is 17.4. The van der Waals surface area contributed by atoms with Crippen LogP contribution < -0.4 is 15.0 Å². The van der Waals surface area contributed by atoms with E-state index in [0.29, 0.717) is 22.8 Å². The number of carbonyl (C=O) groups is 1. The molecule has 36 heavy (non-hydrogen) atoms. The van der Waals surface area contributed by atoms with Gasteiger partial charge in [-0.25, -0.2) is 13.6 Å². The summed E-state index contributed by atoms with van der Waals surface area (Å²) in [5.41, 5.74) is 3.68. The number of amides is 2. The summed E-state index contributed by atoms with van der Waals surface area (Å²) in [6.45, 7) is 3.67. The molecule has 9 heteroatoms. The smallest absolute Gasteiger partial charge is 0.327 e. The van der Waals surface area contributed by atoms with Crippen LogP contribution in [0.5, 0.6) is 5.75 Å². The molecule has 1 N–H and O–H groups in total. The summed E-state index contributed by atoms with van der Waals surface area (Å²) in [6, 6.07) is 17.0. The summed E-state index contributed by atoms with van der Waals surface area (Å²) in [5.74, 6) is -0.905. The Morgan fingerprint density at radius 1 is 1.00 bits per heavy atom. The molecule has 3 aromatic carbocycles. The summed E-state index contributed by atoms with van der Waals surface area (Å²) >= 11 is 0. The Kier molecular flexibility index (Phi) is 5.97. The molecule has 1 atom stereocenters. The van der Waals surface area contributed by atoms with E-state index in [1.54, 1.807) is 32.2 Å². The fourth-order valence-electron chi connectivity index (χ4n) is 4.18. The third-order valence-corrected chi connectivity index (χ3v) is 6.04. The van der Waals surface area contributed by atoms with Crippen molar-refractivity contribution in [3.63, 3.8) is 0 Å². The van der Waals surface area contributed by atoms with Crippen LogP contribution in [0.4, 0.5) is 19.3 Å². The number of anilines is 1. The second-order valence-electron chi connectivity index (χ2n) is 8.38. The second-order valence-corrected chi connectivity index (χ2v) is 8.38. The summed E-state index contributed by atoms with van der Waals surface area (Å²) in [6.07, 6.45) is 0. The standard InChI is InChI=1S/C27H22F2N4O3/c1-15-7-9-17(10-8-15)25-31-26(36-32-25)23-16(2)33(19-11-12-21(28)22(29)14-19)27(34)30-24(23)18-5-4-6-20(13-18)35-3/h4-14,24H,1-3H3,(H,30,34). The predicted molar refractivity (Wildman–Crippen MR) is 130 cm³/mol. The lowest BCUT2D eigenvalue weighted by atomic mass is 9.94. The maximum atomic E-state index is 14.0. The molecule has 0 fully saturated rings. The average Bonchev–Trinajstić information content (AvgIpc) is 3.36. The Morgan fingerprint density at radius 3 is 2.50 bits per heavy atom. The number of aromatic nitrogens is 2. The van der Waals surface area contributed by atoms with Crippen molar-refractivity contribution in [3.8, 4) is 17.1 Å². The van der Waals surface area contributed by atoms with Gasteiger partial charge in [0.05, 0.1) is 24.4 Å². The molecular weight excluding hydrogens is 466 g/mol. The van der Waals surface area contributed by atoms with Crippen molar-refractivity contribution < 1.29 is 22.8 Å². The van der Waals surface area contributed by atoms with Gasteiger partial charge in [-0.3, -0.25) is 4.90 Å². The molecule has 182 valence electrons. The molecule has 0 saturated heterocycles. The highest BCUT2D eigenvalue weighted by molar-refractivity contribution is 6.01. The van der Waals surface area contributed by atoms with Crippen LogP contribution in [0.15, 0.2) is 77.0 Å².